The molecule has 0 radical (unpaired) electrons. The van der Waals surface area contributed by atoms with Crippen LogP contribution < -0.4 is 0 Å². The predicted octanol–water partition coefficient (Wildman–Crippen LogP) is 2.58. The van der Waals surface area contributed by atoms with Crippen LogP contribution in [-0.4, -0.2) is 17.3 Å². The quantitative estimate of drug-likeness (QED) is 0.618. The molecule has 1 aromatic carbocycles. The fourth-order valence-corrected chi connectivity index (χ4v) is 1.86. The Labute approximate surface area is 109 Å². The van der Waals surface area contributed by atoms with Crippen LogP contribution in [0, 0.1) is 0 Å². The fraction of sp³-hybridized carbons (Fsp3) is 0.133. The second-order valence-electron chi connectivity index (χ2n) is 4.28. The summed E-state index contributed by atoms with van der Waals surface area (Å²) in [6.45, 7) is 1.43. The summed E-state index contributed by atoms with van der Waals surface area (Å²) in [5.41, 5.74) is 0.191. The Bertz CT molecular complexity index is 624. The molecule has 1 aliphatic carbocycles. The van der Waals surface area contributed by atoms with Gasteiger partial charge in [0, 0.05) is 23.1 Å². The van der Waals surface area contributed by atoms with Gasteiger partial charge in [-0.2, -0.15) is 0 Å². The SMILES string of the molecule is CC1=CC(=O)C(F)=C(CC(=O)c2ccccc2)C1=O. The van der Waals surface area contributed by atoms with Crippen molar-refractivity contribution in [1.29, 1.82) is 0 Å². The highest BCUT2D eigenvalue weighted by Gasteiger charge is 2.28. The number of benzene rings is 1. The summed E-state index contributed by atoms with van der Waals surface area (Å²) in [6.07, 6.45) is 0.555. The topological polar surface area (TPSA) is 51.2 Å². The molecule has 0 fully saturated rings. The highest BCUT2D eigenvalue weighted by atomic mass is 19.1. The molecule has 0 saturated heterocycles. The Kier molecular flexibility index (Phi) is 3.51. The second kappa shape index (κ2) is 5.10. The van der Waals surface area contributed by atoms with Crippen LogP contribution in [0.2, 0.25) is 0 Å². The van der Waals surface area contributed by atoms with E-state index in [0.29, 0.717) is 5.56 Å². The molecule has 0 N–H and O–H groups in total. The van der Waals surface area contributed by atoms with Gasteiger partial charge in [-0.3, -0.25) is 14.4 Å². The molecule has 4 heteroatoms. The van der Waals surface area contributed by atoms with Gasteiger partial charge in [-0.05, 0) is 13.0 Å². The van der Waals surface area contributed by atoms with Crippen molar-refractivity contribution in [2.45, 2.75) is 13.3 Å². The molecule has 0 amide bonds. The lowest BCUT2D eigenvalue weighted by Crippen LogP contribution is -2.18. The van der Waals surface area contributed by atoms with E-state index in [-0.39, 0.29) is 16.9 Å². The smallest absolute Gasteiger partial charge is 0.215 e. The lowest BCUT2D eigenvalue weighted by atomic mass is 9.91. The first-order valence-electron chi connectivity index (χ1n) is 5.75. The number of rotatable bonds is 3. The van der Waals surface area contributed by atoms with Crippen LogP contribution in [0.1, 0.15) is 23.7 Å². The summed E-state index contributed by atoms with van der Waals surface area (Å²) in [6, 6.07) is 8.27. The first kappa shape index (κ1) is 13.1. The average molecular weight is 258 g/mol. The molecule has 1 aliphatic rings. The Morgan fingerprint density at radius 2 is 1.79 bits per heavy atom. The summed E-state index contributed by atoms with van der Waals surface area (Å²) >= 11 is 0. The normalized spacial score (nSPS) is 15.6. The van der Waals surface area contributed by atoms with Crippen molar-refractivity contribution in [2.24, 2.45) is 0 Å². The summed E-state index contributed by atoms with van der Waals surface area (Å²) in [7, 11) is 0. The number of carbonyl (C=O) groups is 3. The summed E-state index contributed by atoms with van der Waals surface area (Å²) in [5.74, 6) is -2.95. The number of ketones is 3. The number of allylic oxidation sites excluding steroid dienone is 4. The largest absolute Gasteiger partial charge is 0.294 e. The molecule has 0 spiro atoms. The molecule has 19 heavy (non-hydrogen) atoms. The monoisotopic (exact) mass is 258 g/mol. The molecule has 3 nitrogen and oxygen atoms in total. The van der Waals surface area contributed by atoms with Crippen molar-refractivity contribution >= 4 is 17.3 Å². The van der Waals surface area contributed by atoms with E-state index in [0.717, 1.165) is 6.08 Å². The molecule has 0 atom stereocenters. The molecule has 1 aromatic rings. The fourth-order valence-electron chi connectivity index (χ4n) is 1.86. The van der Waals surface area contributed by atoms with Crippen LogP contribution in [0.4, 0.5) is 4.39 Å². The van der Waals surface area contributed by atoms with Crippen molar-refractivity contribution in [3.8, 4) is 0 Å². The Hall–Kier alpha value is -2.36. The van der Waals surface area contributed by atoms with Crippen LogP contribution in [0.3, 0.4) is 0 Å². The number of carbonyl (C=O) groups excluding carboxylic acids is 3. The molecule has 0 saturated carbocycles. The minimum Gasteiger partial charge on any atom is -0.294 e. The molecule has 0 aromatic heterocycles. The zero-order chi connectivity index (χ0) is 14.0. The van der Waals surface area contributed by atoms with Crippen molar-refractivity contribution in [2.75, 3.05) is 0 Å². The van der Waals surface area contributed by atoms with E-state index in [2.05, 4.69) is 0 Å². The van der Waals surface area contributed by atoms with Crippen molar-refractivity contribution in [3.63, 3.8) is 0 Å². The van der Waals surface area contributed by atoms with Gasteiger partial charge in [0.05, 0.1) is 0 Å². The molecular formula is C15H11FO3. The maximum absolute atomic E-state index is 13.7. The van der Waals surface area contributed by atoms with E-state index in [1.807, 2.05) is 0 Å². The molecule has 0 unspecified atom stereocenters. The van der Waals surface area contributed by atoms with E-state index < -0.39 is 23.8 Å². The molecular weight excluding hydrogens is 247 g/mol. The van der Waals surface area contributed by atoms with E-state index in [1.54, 1.807) is 30.3 Å². The highest BCUT2D eigenvalue weighted by Crippen LogP contribution is 2.24. The third-order valence-electron chi connectivity index (χ3n) is 2.89. The van der Waals surface area contributed by atoms with E-state index in [9.17, 15) is 18.8 Å². The van der Waals surface area contributed by atoms with E-state index in [4.69, 9.17) is 0 Å². The Morgan fingerprint density at radius 1 is 1.16 bits per heavy atom. The number of Topliss-reactive ketones (excluding diaryl/α,β-unsaturated/α-hetero) is 2. The van der Waals surface area contributed by atoms with Crippen molar-refractivity contribution in [1.82, 2.24) is 0 Å². The lowest BCUT2D eigenvalue weighted by molar-refractivity contribution is -0.116. The second-order valence-corrected chi connectivity index (χ2v) is 4.28. The van der Waals surface area contributed by atoms with Crippen LogP contribution in [0.5, 0.6) is 0 Å². The van der Waals surface area contributed by atoms with Crippen molar-refractivity contribution < 1.29 is 18.8 Å². The van der Waals surface area contributed by atoms with Gasteiger partial charge in [-0.15, -0.1) is 0 Å². The van der Waals surface area contributed by atoms with Gasteiger partial charge in [-0.25, -0.2) is 4.39 Å². The molecule has 96 valence electrons. The van der Waals surface area contributed by atoms with Gasteiger partial charge in [0.1, 0.15) is 0 Å². The summed E-state index contributed by atoms with van der Waals surface area (Å²) in [4.78, 5) is 35.0. The van der Waals surface area contributed by atoms with Gasteiger partial charge < -0.3 is 0 Å². The number of hydrogen-bond donors (Lipinski definition) is 0. The van der Waals surface area contributed by atoms with Gasteiger partial charge in [-0.1, -0.05) is 30.3 Å². The molecule has 2 rings (SSSR count). The van der Waals surface area contributed by atoms with Crippen LogP contribution in [0.15, 0.2) is 53.4 Å². The lowest BCUT2D eigenvalue weighted by Gasteiger charge is -2.11. The van der Waals surface area contributed by atoms with Crippen LogP contribution in [-0.2, 0) is 9.59 Å². The van der Waals surface area contributed by atoms with Gasteiger partial charge in [0.2, 0.25) is 5.78 Å². The summed E-state index contributed by atoms with van der Waals surface area (Å²) < 4.78 is 13.7. The van der Waals surface area contributed by atoms with E-state index >= 15 is 0 Å². The number of halogens is 1. The predicted molar refractivity (Wildman–Crippen MR) is 67.3 cm³/mol. The maximum atomic E-state index is 13.7. The minimum atomic E-state index is -1.13. The van der Waals surface area contributed by atoms with Crippen LogP contribution >= 0.6 is 0 Å². The van der Waals surface area contributed by atoms with Crippen LogP contribution in [0.25, 0.3) is 0 Å². The van der Waals surface area contributed by atoms with Crippen molar-refractivity contribution in [3.05, 3.63) is 58.9 Å². The third kappa shape index (κ3) is 2.57. The summed E-state index contributed by atoms with van der Waals surface area (Å²) in [5, 5.41) is 0. The first-order valence-corrected chi connectivity index (χ1v) is 5.75. The van der Waals surface area contributed by atoms with Gasteiger partial charge in [0.15, 0.2) is 17.4 Å². The third-order valence-corrected chi connectivity index (χ3v) is 2.89. The first-order chi connectivity index (χ1) is 9.00. The van der Waals surface area contributed by atoms with Gasteiger partial charge in [0.25, 0.3) is 0 Å². The zero-order valence-corrected chi connectivity index (χ0v) is 10.3. The Balaban J connectivity index is 2.28. The molecule has 0 bridgehead atoms. The highest BCUT2D eigenvalue weighted by molar-refractivity contribution is 6.23. The zero-order valence-electron chi connectivity index (χ0n) is 10.3. The molecule has 0 heterocycles. The minimum absolute atomic E-state index is 0.155. The van der Waals surface area contributed by atoms with Gasteiger partial charge >= 0.3 is 0 Å². The Morgan fingerprint density at radius 3 is 2.42 bits per heavy atom. The van der Waals surface area contributed by atoms with E-state index in [1.165, 1.54) is 6.92 Å². The maximum Gasteiger partial charge on any atom is 0.215 e. The average Bonchev–Trinajstić information content (AvgIpc) is 2.42. The standard InChI is InChI=1S/C15H11FO3/c1-9-7-13(18)14(16)11(15(9)19)8-12(17)10-5-3-2-4-6-10/h2-7H,8H2,1H3. The molecule has 0 aliphatic heterocycles. The number of hydrogen-bond acceptors (Lipinski definition) is 3.